The predicted molar refractivity (Wildman–Crippen MR) is 110 cm³/mol. The first-order valence-electron chi connectivity index (χ1n) is 9.37. The summed E-state index contributed by atoms with van der Waals surface area (Å²) in [5.74, 6) is 0.631. The first-order valence-corrected chi connectivity index (χ1v) is 10.4. The molecule has 0 radical (unpaired) electrons. The number of rotatable bonds is 9. The number of anilines is 1. The Kier molecular flexibility index (Phi) is 6.86. The lowest BCUT2D eigenvalue weighted by Crippen LogP contribution is -2.14. The molecule has 2 aromatic heterocycles. The molecule has 2 heterocycles. The van der Waals surface area contributed by atoms with Gasteiger partial charge in [-0.05, 0) is 39.0 Å². The van der Waals surface area contributed by atoms with Gasteiger partial charge in [-0.25, -0.2) is 4.39 Å². The topological polar surface area (TPSA) is 86.9 Å². The summed E-state index contributed by atoms with van der Waals surface area (Å²) in [7, 11) is 0. The van der Waals surface area contributed by atoms with Crippen molar-refractivity contribution in [2.75, 3.05) is 17.7 Å². The third kappa shape index (κ3) is 4.94. The molecule has 0 spiro atoms. The summed E-state index contributed by atoms with van der Waals surface area (Å²) in [5, 5.41) is 16.2. The molecule has 0 aliphatic rings. The summed E-state index contributed by atoms with van der Waals surface area (Å²) >= 11 is 1.27. The quantitative estimate of drug-likeness (QED) is 0.536. The van der Waals surface area contributed by atoms with Crippen LogP contribution in [0.15, 0.2) is 35.6 Å². The zero-order chi connectivity index (χ0) is 20.8. The van der Waals surface area contributed by atoms with Gasteiger partial charge in [0, 0.05) is 25.0 Å². The van der Waals surface area contributed by atoms with Crippen LogP contribution in [-0.2, 0) is 17.9 Å². The summed E-state index contributed by atoms with van der Waals surface area (Å²) in [6.45, 7) is 7.71. The van der Waals surface area contributed by atoms with E-state index in [9.17, 15) is 9.18 Å². The van der Waals surface area contributed by atoms with Gasteiger partial charge in [-0.1, -0.05) is 17.8 Å². The Bertz CT molecular complexity index is 987. The zero-order valence-electron chi connectivity index (χ0n) is 16.6. The molecule has 8 nitrogen and oxygen atoms in total. The number of aryl methyl sites for hydroxylation is 1. The van der Waals surface area contributed by atoms with E-state index in [4.69, 9.17) is 4.74 Å². The summed E-state index contributed by atoms with van der Waals surface area (Å²) in [6.07, 6.45) is 1.88. The second-order valence-corrected chi connectivity index (χ2v) is 6.98. The van der Waals surface area contributed by atoms with E-state index in [1.54, 1.807) is 16.8 Å². The maximum absolute atomic E-state index is 13.3. The van der Waals surface area contributed by atoms with Crippen molar-refractivity contribution < 1.29 is 13.9 Å². The minimum Gasteiger partial charge on any atom is -0.476 e. The maximum atomic E-state index is 13.3. The fourth-order valence-electron chi connectivity index (χ4n) is 2.74. The lowest BCUT2D eigenvalue weighted by molar-refractivity contribution is -0.113. The summed E-state index contributed by atoms with van der Waals surface area (Å²) in [4.78, 5) is 12.2. The van der Waals surface area contributed by atoms with Crippen molar-refractivity contribution in [3.63, 3.8) is 0 Å². The minimum absolute atomic E-state index is 0.126. The van der Waals surface area contributed by atoms with Crippen LogP contribution < -0.4 is 10.1 Å². The van der Waals surface area contributed by atoms with E-state index in [1.807, 2.05) is 31.5 Å². The number of hydrogen-bond acceptors (Lipinski definition) is 6. The third-order valence-electron chi connectivity index (χ3n) is 4.05. The smallest absolute Gasteiger partial charge is 0.243 e. The molecule has 0 fully saturated rings. The lowest BCUT2D eigenvalue weighted by Gasteiger charge is -2.08. The normalized spacial score (nSPS) is 10.9. The van der Waals surface area contributed by atoms with Gasteiger partial charge in [-0.3, -0.25) is 9.48 Å². The predicted octanol–water partition coefficient (Wildman–Crippen LogP) is 3.45. The number of amides is 1. The number of halogens is 1. The van der Waals surface area contributed by atoms with Crippen molar-refractivity contribution in [3.05, 3.63) is 36.3 Å². The molecule has 154 valence electrons. The van der Waals surface area contributed by atoms with Crippen LogP contribution in [0.5, 0.6) is 5.88 Å². The van der Waals surface area contributed by atoms with Crippen LogP contribution in [0.3, 0.4) is 0 Å². The van der Waals surface area contributed by atoms with E-state index in [-0.39, 0.29) is 11.7 Å². The Hall–Kier alpha value is -2.88. The standard InChI is InChI=1S/C19H23FN6O2S/c1-4-25-11-15(18(24-25)28-6-3)17-22-23-19(26(17)5-2)29-12-16(27)21-14-9-7-8-13(20)10-14/h7-11H,4-6,12H2,1-3H3,(H,21,27). The summed E-state index contributed by atoms with van der Waals surface area (Å²) in [5.41, 5.74) is 1.18. The Balaban J connectivity index is 1.74. The maximum Gasteiger partial charge on any atom is 0.243 e. The van der Waals surface area contributed by atoms with E-state index in [1.165, 1.54) is 23.9 Å². The van der Waals surface area contributed by atoms with E-state index >= 15 is 0 Å². The third-order valence-corrected chi connectivity index (χ3v) is 5.01. The molecule has 3 aromatic rings. The van der Waals surface area contributed by atoms with Gasteiger partial charge in [0.25, 0.3) is 0 Å². The Labute approximate surface area is 172 Å². The fraction of sp³-hybridized carbons (Fsp3) is 0.368. The molecule has 1 amide bonds. The highest BCUT2D eigenvalue weighted by Crippen LogP contribution is 2.30. The molecule has 29 heavy (non-hydrogen) atoms. The first kappa shape index (κ1) is 20.8. The van der Waals surface area contributed by atoms with Crippen LogP contribution in [0.2, 0.25) is 0 Å². The van der Waals surface area contributed by atoms with Gasteiger partial charge in [-0.15, -0.1) is 15.3 Å². The average molecular weight is 418 g/mol. The molecule has 0 bridgehead atoms. The van der Waals surface area contributed by atoms with Crippen molar-refractivity contribution in [1.82, 2.24) is 24.5 Å². The number of carbonyl (C=O) groups is 1. The van der Waals surface area contributed by atoms with Crippen molar-refractivity contribution >= 4 is 23.4 Å². The number of carbonyl (C=O) groups excluding carboxylic acids is 1. The number of ether oxygens (including phenoxy) is 1. The largest absolute Gasteiger partial charge is 0.476 e. The van der Waals surface area contributed by atoms with Crippen LogP contribution in [-0.4, -0.2) is 42.8 Å². The van der Waals surface area contributed by atoms with Gasteiger partial charge in [0.1, 0.15) is 11.4 Å². The fourth-order valence-corrected chi connectivity index (χ4v) is 3.54. The Morgan fingerprint density at radius 3 is 2.76 bits per heavy atom. The molecular weight excluding hydrogens is 395 g/mol. The molecule has 1 N–H and O–H groups in total. The minimum atomic E-state index is -0.399. The number of hydrogen-bond donors (Lipinski definition) is 1. The molecular formula is C19H23FN6O2S. The lowest BCUT2D eigenvalue weighted by atomic mass is 10.3. The Morgan fingerprint density at radius 2 is 2.07 bits per heavy atom. The SMILES string of the molecule is CCOc1nn(CC)cc1-c1nnc(SCC(=O)Nc2cccc(F)c2)n1CC. The van der Waals surface area contributed by atoms with Gasteiger partial charge in [-0.2, -0.15) is 0 Å². The molecule has 0 saturated heterocycles. The van der Waals surface area contributed by atoms with Crippen molar-refractivity contribution in [2.45, 2.75) is 39.0 Å². The van der Waals surface area contributed by atoms with E-state index in [0.717, 1.165) is 5.56 Å². The molecule has 0 aliphatic carbocycles. The van der Waals surface area contributed by atoms with Crippen LogP contribution >= 0.6 is 11.8 Å². The van der Waals surface area contributed by atoms with Crippen molar-refractivity contribution in [1.29, 1.82) is 0 Å². The van der Waals surface area contributed by atoms with Gasteiger partial charge in [0.05, 0.1) is 12.4 Å². The molecule has 0 aliphatic heterocycles. The molecule has 1 aromatic carbocycles. The second-order valence-electron chi connectivity index (χ2n) is 6.03. The van der Waals surface area contributed by atoms with Crippen LogP contribution in [0.4, 0.5) is 10.1 Å². The van der Waals surface area contributed by atoms with Crippen LogP contribution in [0, 0.1) is 5.82 Å². The summed E-state index contributed by atoms with van der Waals surface area (Å²) < 4.78 is 22.6. The molecule has 0 saturated carbocycles. The second kappa shape index (κ2) is 9.55. The van der Waals surface area contributed by atoms with Gasteiger partial charge in [0.15, 0.2) is 11.0 Å². The molecule has 3 rings (SSSR count). The number of benzene rings is 1. The average Bonchev–Trinajstić information content (AvgIpc) is 3.29. The highest BCUT2D eigenvalue weighted by atomic mass is 32.2. The molecule has 0 unspecified atom stereocenters. The van der Waals surface area contributed by atoms with E-state index in [0.29, 0.717) is 42.2 Å². The Morgan fingerprint density at radius 1 is 1.24 bits per heavy atom. The number of thioether (sulfide) groups is 1. The number of nitrogens with zero attached hydrogens (tertiary/aromatic N) is 5. The molecule has 0 atom stereocenters. The van der Waals surface area contributed by atoms with E-state index in [2.05, 4.69) is 20.6 Å². The first-order chi connectivity index (χ1) is 14.0. The van der Waals surface area contributed by atoms with Gasteiger partial charge < -0.3 is 14.6 Å². The van der Waals surface area contributed by atoms with E-state index < -0.39 is 5.82 Å². The highest BCUT2D eigenvalue weighted by Gasteiger charge is 2.20. The number of nitrogens with one attached hydrogen (secondary N) is 1. The van der Waals surface area contributed by atoms with Gasteiger partial charge >= 0.3 is 0 Å². The number of aromatic nitrogens is 5. The summed E-state index contributed by atoms with van der Waals surface area (Å²) in [6, 6.07) is 5.78. The van der Waals surface area contributed by atoms with Crippen molar-refractivity contribution in [3.8, 4) is 17.3 Å². The van der Waals surface area contributed by atoms with Crippen LogP contribution in [0.25, 0.3) is 11.4 Å². The zero-order valence-corrected chi connectivity index (χ0v) is 17.4. The van der Waals surface area contributed by atoms with Crippen LogP contribution in [0.1, 0.15) is 20.8 Å². The van der Waals surface area contributed by atoms with Gasteiger partial charge in [0.2, 0.25) is 11.8 Å². The highest BCUT2D eigenvalue weighted by molar-refractivity contribution is 7.99. The molecule has 10 heteroatoms. The van der Waals surface area contributed by atoms with Crippen molar-refractivity contribution in [2.24, 2.45) is 0 Å². The monoisotopic (exact) mass is 418 g/mol.